The van der Waals surface area contributed by atoms with Crippen molar-refractivity contribution in [1.29, 1.82) is 0 Å². The Balaban J connectivity index is 2.03. The van der Waals surface area contributed by atoms with Crippen LogP contribution < -0.4 is 10.1 Å². The quantitative estimate of drug-likeness (QED) is 0.621. The molecule has 3 rings (SSSR count). The molecular formula is C17H16BrClN4O. The molecule has 2 aromatic heterocycles. The van der Waals surface area contributed by atoms with Crippen molar-refractivity contribution >= 4 is 44.1 Å². The van der Waals surface area contributed by atoms with E-state index in [-0.39, 0.29) is 6.04 Å². The van der Waals surface area contributed by atoms with Crippen molar-refractivity contribution in [2.24, 2.45) is 0 Å². The molecular weight excluding hydrogens is 392 g/mol. The zero-order valence-corrected chi connectivity index (χ0v) is 15.8. The maximum absolute atomic E-state index is 6.05. The molecule has 0 spiro atoms. The summed E-state index contributed by atoms with van der Waals surface area (Å²) in [5.41, 5.74) is 1.83. The van der Waals surface area contributed by atoms with Crippen LogP contribution in [0.3, 0.4) is 0 Å². The number of nitrogens with one attached hydrogen (secondary N) is 1. The van der Waals surface area contributed by atoms with Gasteiger partial charge in [0.25, 0.3) is 0 Å². The predicted molar refractivity (Wildman–Crippen MR) is 99.8 cm³/mol. The SMILES string of the molecule is COc1c(Br)cccc1[C@@H](C)Nc1nnc(C)c2cnc(Cl)cc12. The van der Waals surface area contributed by atoms with Crippen LogP contribution in [0.2, 0.25) is 5.15 Å². The highest BCUT2D eigenvalue weighted by Gasteiger charge is 2.16. The van der Waals surface area contributed by atoms with E-state index in [2.05, 4.69) is 36.4 Å². The van der Waals surface area contributed by atoms with E-state index in [1.54, 1.807) is 19.4 Å². The zero-order chi connectivity index (χ0) is 17.3. The molecule has 1 aromatic carbocycles. The van der Waals surface area contributed by atoms with Gasteiger partial charge in [0, 0.05) is 22.5 Å². The number of anilines is 1. The van der Waals surface area contributed by atoms with Gasteiger partial charge in [0.1, 0.15) is 10.9 Å². The van der Waals surface area contributed by atoms with Crippen LogP contribution in [-0.4, -0.2) is 22.3 Å². The average molecular weight is 408 g/mol. The van der Waals surface area contributed by atoms with Gasteiger partial charge in [0.2, 0.25) is 0 Å². The van der Waals surface area contributed by atoms with E-state index in [4.69, 9.17) is 16.3 Å². The van der Waals surface area contributed by atoms with Gasteiger partial charge in [-0.25, -0.2) is 4.98 Å². The number of nitrogens with zero attached hydrogens (tertiary/aromatic N) is 3. The number of aryl methyl sites for hydroxylation is 1. The molecule has 0 amide bonds. The van der Waals surface area contributed by atoms with Crippen molar-refractivity contribution < 1.29 is 4.74 Å². The molecule has 0 fully saturated rings. The number of rotatable bonds is 4. The summed E-state index contributed by atoms with van der Waals surface area (Å²) < 4.78 is 6.41. The van der Waals surface area contributed by atoms with Crippen LogP contribution in [0.1, 0.15) is 24.2 Å². The molecule has 124 valence electrons. The second kappa shape index (κ2) is 6.91. The molecule has 0 radical (unpaired) electrons. The summed E-state index contributed by atoms with van der Waals surface area (Å²) in [5.74, 6) is 1.45. The Labute approximate surface area is 153 Å². The number of fused-ring (bicyclic) bond motifs is 1. The molecule has 0 saturated heterocycles. The van der Waals surface area contributed by atoms with Crippen LogP contribution in [0.5, 0.6) is 5.75 Å². The van der Waals surface area contributed by atoms with Crippen LogP contribution in [0, 0.1) is 6.92 Å². The van der Waals surface area contributed by atoms with E-state index >= 15 is 0 Å². The minimum atomic E-state index is -0.0374. The summed E-state index contributed by atoms with van der Waals surface area (Å²) in [7, 11) is 1.66. The van der Waals surface area contributed by atoms with Crippen molar-refractivity contribution in [3.8, 4) is 5.75 Å². The molecule has 5 nitrogen and oxygen atoms in total. The number of pyridine rings is 1. The summed E-state index contributed by atoms with van der Waals surface area (Å²) >= 11 is 9.57. The fraction of sp³-hybridized carbons (Fsp3) is 0.235. The maximum Gasteiger partial charge on any atom is 0.157 e. The highest BCUT2D eigenvalue weighted by molar-refractivity contribution is 9.10. The molecule has 7 heteroatoms. The number of para-hydroxylation sites is 1. The summed E-state index contributed by atoms with van der Waals surface area (Å²) in [6, 6.07) is 7.69. The molecule has 0 aliphatic heterocycles. The number of aromatic nitrogens is 3. The minimum absolute atomic E-state index is 0.0374. The zero-order valence-electron chi connectivity index (χ0n) is 13.5. The molecule has 0 bridgehead atoms. The molecule has 2 heterocycles. The van der Waals surface area contributed by atoms with E-state index in [0.717, 1.165) is 32.3 Å². The summed E-state index contributed by atoms with van der Waals surface area (Å²) in [6.07, 6.45) is 1.72. The van der Waals surface area contributed by atoms with Gasteiger partial charge in [-0.3, -0.25) is 0 Å². The van der Waals surface area contributed by atoms with Crippen molar-refractivity contribution in [2.75, 3.05) is 12.4 Å². The molecule has 1 atom stereocenters. The highest BCUT2D eigenvalue weighted by atomic mass is 79.9. The van der Waals surface area contributed by atoms with Gasteiger partial charge >= 0.3 is 0 Å². The Morgan fingerprint density at radius 2 is 2.04 bits per heavy atom. The van der Waals surface area contributed by atoms with Gasteiger partial charge < -0.3 is 10.1 Å². The standard InChI is InChI=1S/C17H16BrClN4O/c1-9(11-5-4-6-14(18)16(11)24-3)21-17-12-7-15(19)20-8-13(12)10(2)22-23-17/h4-9H,1-3H3,(H,21,23)/t9-/m1/s1. The third-order valence-corrected chi connectivity index (χ3v) is 4.67. The monoisotopic (exact) mass is 406 g/mol. The van der Waals surface area contributed by atoms with Gasteiger partial charge in [-0.2, -0.15) is 5.10 Å². The molecule has 1 N–H and O–H groups in total. The van der Waals surface area contributed by atoms with Crippen molar-refractivity contribution in [3.63, 3.8) is 0 Å². The van der Waals surface area contributed by atoms with E-state index in [9.17, 15) is 0 Å². The minimum Gasteiger partial charge on any atom is -0.495 e. The van der Waals surface area contributed by atoms with Crippen molar-refractivity contribution in [1.82, 2.24) is 15.2 Å². The van der Waals surface area contributed by atoms with Crippen LogP contribution in [0.15, 0.2) is 34.9 Å². The second-order valence-corrected chi connectivity index (χ2v) is 6.66. The molecule has 0 aliphatic carbocycles. The van der Waals surface area contributed by atoms with E-state index in [1.807, 2.05) is 32.0 Å². The lowest BCUT2D eigenvalue weighted by Crippen LogP contribution is -2.11. The maximum atomic E-state index is 6.05. The third-order valence-electron chi connectivity index (χ3n) is 3.84. The van der Waals surface area contributed by atoms with Gasteiger partial charge in [-0.1, -0.05) is 23.7 Å². The molecule has 0 aliphatic rings. The first-order valence-corrected chi connectivity index (χ1v) is 8.56. The Morgan fingerprint density at radius 3 is 2.79 bits per heavy atom. The van der Waals surface area contributed by atoms with Gasteiger partial charge in [0.05, 0.1) is 23.3 Å². The summed E-state index contributed by atoms with van der Waals surface area (Å²) in [6.45, 7) is 3.94. The first-order valence-electron chi connectivity index (χ1n) is 7.38. The summed E-state index contributed by atoms with van der Waals surface area (Å²) in [5, 5.41) is 14.1. The molecule has 24 heavy (non-hydrogen) atoms. The lowest BCUT2D eigenvalue weighted by molar-refractivity contribution is 0.405. The Morgan fingerprint density at radius 1 is 1.25 bits per heavy atom. The van der Waals surface area contributed by atoms with Crippen molar-refractivity contribution in [2.45, 2.75) is 19.9 Å². The largest absolute Gasteiger partial charge is 0.495 e. The molecule has 0 unspecified atom stereocenters. The smallest absolute Gasteiger partial charge is 0.157 e. The normalized spacial score (nSPS) is 12.2. The number of halogens is 2. The topological polar surface area (TPSA) is 59.9 Å². The summed E-state index contributed by atoms with van der Waals surface area (Å²) in [4.78, 5) is 4.13. The lowest BCUT2D eigenvalue weighted by atomic mass is 10.1. The van der Waals surface area contributed by atoms with E-state index in [0.29, 0.717) is 11.0 Å². The van der Waals surface area contributed by atoms with E-state index in [1.165, 1.54) is 0 Å². The van der Waals surface area contributed by atoms with Crippen molar-refractivity contribution in [3.05, 3.63) is 51.3 Å². The third kappa shape index (κ3) is 3.16. The Kier molecular flexibility index (Phi) is 4.87. The lowest BCUT2D eigenvalue weighted by Gasteiger charge is -2.19. The van der Waals surface area contributed by atoms with Gasteiger partial charge in [-0.05, 0) is 41.9 Å². The van der Waals surface area contributed by atoms with Crippen LogP contribution in [0.4, 0.5) is 5.82 Å². The van der Waals surface area contributed by atoms with Gasteiger partial charge in [0.15, 0.2) is 5.82 Å². The average Bonchev–Trinajstić information content (AvgIpc) is 2.57. The number of hydrogen-bond donors (Lipinski definition) is 1. The highest BCUT2D eigenvalue weighted by Crippen LogP contribution is 2.35. The first-order chi connectivity index (χ1) is 11.5. The Hall–Kier alpha value is -1.92. The molecule has 0 saturated carbocycles. The molecule has 3 aromatic rings. The fourth-order valence-corrected chi connectivity index (χ4v) is 3.32. The fourth-order valence-electron chi connectivity index (χ4n) is 2.62. The van der Waals surface area contributed by atoms with Crippen LogP contribution >= 0.6 is 27.5 Å². The van der Waals surface area contributed by atoms with Crippen LogP contribution in [0.25, 0.3) is 10.8 Å². The van der Waals surface area contributed by atoms with E-state index < -0.39 is 0 Å². The first kappa shape index (κ1) is 16.9. The number of benzene rings is 1. The van der Waals surface area contributed by atoms with Crippen LogP contribution in [-0.2, 0) is 0 Å². The van der Waals surface area contributed by atoms with Gasteiger partial charge in [-0.15, -0.1) is 5.10 Å². The number of methoxy groups -OCH3 is 1. The number of hydrogen-bond acceptors (Lipinski definition) is 5. The predicted octanol–water partition coefficient (Wildman–Crippen LogP) is 4.93. The Bertz CT molecular complexity index is 903. The second-order valence-electron chi connectivity index (χ2n) is 5.41. The number of ether oxygens (including phenoxy) is 1.